The van der Waals surface area contributed by atoms with E-state index in [0.29, 0.717) is 11.5 Å². The summed E-state index contributed by atoms with van der Waals surface area (Å²) in [6.07, 6.45) is 1.65. The molecule has 0 unspecified atom stereocenters. The van der Waals surface area contributed by atoms with Crippen molar-refractivity contribution >= 4 is 27.1 Å². The molecule has 0 radical (unpaired) electrons. The topological polar surface area (TPSA) is 82.8 Å². The molecule has 1 aromatic carbocycles. The van der Waals surface area contributed by atoms with E-state index >= 15 is 0 Å². The second kappa shape index (κ2) is 6.82. The summed E-state index contributed by atoms with van der Waals surface area (Å²) in [4.78, 5) is 9.16. The van der Waals surface area contributed by atoms with Crippen molar-refractivity contribution in [3.05, 3.63) is 42.6 Å². The molecular formula is C18H22N6O2S. The van der Waals surface area contributed by atoms with E-state index in [4.69, 9.17) is 0 Å². The summed E-state index contributed by atoms with van der Waals surface area (Å²) in [7, 11) is 0.00591. The number of benzene rings is 1. The van der Waals surface area contributed by atoms with Crippen molar-refractivity contribution < 1.29 is 8.42 Å². The van der Waals surface area contributed by atoms with Crippen LogP contribution in [0.1, 0.15) is 0 Å². The van der Waals surface area contributed by atoms with Crippen LogP contribution in [0.3, 0.4) is 0 Å². The SMILES string of the molecule is CNc1nn2c(N3CCN(C)CC3)ccnc2c1S(=O)(=O)c1ccccc1. The number of hydrogen-bond donors (Lipinski definition) is 1. The van der Waals surface area contributed by atoms with Gasteiger partial charge in [0.1, 0.15) is 5.82 Å². The Morgan fingerprint density at radius 1 is 1.04 bits per heavy atom. The van der Waals surface area contributed by atoms with Gasteiger partial charge in [-0.2, -0.15) is 4.52 Å². The normalized spacial score (nSPS) is 16.0. The molecule has 9 heteroatoms. The molecule has 27 heavy (non-hydrogen) atoms. The Bertz CT molecular complexity index is 1060. The average molecular weight is 386 g/mol. The number of rotatable bonds is 4. The molecule has 4 rings (SSSR count). The second-order valence-electron chi connectivity index (χ2n) is 6.57. The van der Waals surface area contributed by atoms with Gasteiger partial charge < -0.3 is 15.1 Å². The molecule has 1 aliphatic rings. The average Bonchev–Trinajstić information content (AvgIpc) is 3.09. The van der Waals surface area contributed by atoms with Crippen LogP contribution >= 0.6 is 0 Å². The quantitative estimate of drug-likeness (QED) is 0.725. The van der Waals surface area contributed by atoms with E-state index in [2.05, 4.69) is 32.2 Å². The summed E-state index contributed by atoms with van der Waals surface area (Å²) in [6, 6.07) is 10.3. The molecule has 0 atom stereocenters. The van der Waals surface area contributed by atoms with E-state index in [1.165, 1.54) is 0 Å². The highest BCUT2D eigenvalue weighted by Gasteiger charge is 2.29. The summed E-state index contributed by atoms with van der Waals surface area (Å²) >= 11 is 0. The number of piperazine rings is 1. The molecule has 3 aromatic rings. The first-order chi connectivity index (χ1) is 13.0. The Morgan fingerprint density at radius 2 is 1.74 bits per heavy atom. The van der Waals surface area contributed by atoms with Gasteiger partial charge in [-0.15, -0.1) is 5.10 Å². The van der Waals surface area contributed by atoms with Crippen LogP contribution in [-0.2, 0) is 9.84 Å². The number of hydrogen-bond acceptors (Lipinski definition) is 7. The highest BCUT2D eigenvalue weighted by atomic mass is 32.2. The maximum Gasteiger partial charge on any atom is 0.214 e. The van der Waals surface area contributed by atoms with Crippen LogP contribution in [0.4, 0.5) is 11.6 Å². The van der Waals surface area contributed by atoms with Gasteiger partial charge in [0.05, 0.1) is 4.90 Å². The highest BCUT2D eigenvalue weighted by molar-refractivity contribution is 7.91. The lowest BCUT2D eigenvalue weighted by Gasteiger charge is -2.33. The standard InChI is InChI=1S/C18H22N6O2S/c1-19-17-16(27(25,26)14-6-4-3-5-7-14)18-20-9-8-15(24(18)21-17)23-12-10-22(2)11-13-23/h3-9H,10-13H2,1-2H3,(H,19,21). The van der Waals surface area contributed by atoms with Gasteiger partial charge in [-0.1, -0.05) is 18.2 Å². The summed E-state index contributed by atoms with van der Waals surface area (Å²) in [5.74, 6) is 1.15. The van der Waals surface area contributed by atoms with Crippen LogP contribution in [0.25, 0.3) is 5.65 Å². The lowest BCUT2D eigenvalue weighted by molar-refractivity contribution is 0.311. The van der Waals surface area contributed by atoms with Crippen molar-refractivity contribution in [3.8, 4) is 0 Å². The van der Waals surface area contributed by atoms with Crippen molar-refractivity contribution in [3.63, 3.8) is 0 Å². The first kappa shape index (κ1) is 17.7. The lowest BCUT2D eigenvalue weighted by Crippen LogP contribution is -2.45. The fourth-order valence-corrected chi connectivity index (χ4v) is 4.84. The van der Waals surface area contributed by atoms with Crippen LogP contribution < -0.4 is 10.2 Å². The zero-order chi connectivity index (χ0) is 19.0. The van der Waals surface area contributed by atoms with Crippen molar-refractivity contribution in [2.75, 3.05) is 50.5 Å². The first-order valence-corrected chi connectivity index (χ1v) is 10.3. The predicted octanol–water partition coefficient (Wildman–Crippen LogP) is 1.36. The number of likely N-dealkylation sites (N-methyl/N-ethyl adjacent to an activating group) is 1. The van der Waals surface area contributed by atoms with Gasteiger partial charge in [-0.25, -0.2) is 13.4 Å². The number of fused-ring (bicyclic) bond motifs is 1. The Balaban J connectivity index is 1.89. The molecule has 0 amide bonds. The van der Waals surface area contributed by atoms with E-state index < -0.39 is 9.84 Å². The van der Waals surface area contributed by atoms with Crippen LogP contribution in [0.2, 0.25) is 0 Å². The fourth-order valence-electron chi connectivity index (χ4n) is 3.32. The van der Waals surface area contributed by atoms with Crippen molar-refractivity contribution in [1.29, 1.82) is 0 Å². The van der Waals surface area contributed by atoms with E-state index in [0.717, 1.165) is 32.0 Å². The smallest absolute Gasteiger partial charge is 0.214 e. The van der Waals surface area contributed by atoms with E-state index in [1.54, 1.807) is 48.1 Å². The van der Waals surface area contributed by atoms with Crippen molar-refractivity contribution in [1.82, 2.24) is 19.5 Å². The predicted molar refractivity (Wildman–Crippen MR) is 104 cm³/mol. The van der Waals surface area contributed by atoms with Crippen LogP contribution in [0.15, 0.2) is 52.4 Å². The molecule has 8 nitrogen and oxygen atoms in total. The Kier molecular flexibility index (Phi) is 4.48. The first-order valence-electron chi connectivity index (χ1n) is 8.81. The zero-order valence-corrected chi connectivity index (χ0v) is 16.1. The lowest BCUT2D eigenvalue weighted by atomic mass is 10.3. The van der Waals surface area contributed by atoms with Gasteiger partial charge in [0.2, 0.25) is 9.84 Å². The molecule has 1 aliphatic heterocycles. The molecular weight excluding hydrogens is 364 g/mol. The minimum atomic E-state index is -3.76. The summed E-state index contributed by atoms with van der Waals surface area (Å²) in [5, 5.41) is 7.45. The Hall–Kier alpha value is -2.65. The Morgan fingerprint density at radius 3 is 2.41 bits per heavy atom. The van der Waals surface area contributed by atoms with Gasteiger partial charge in [-0.3, -0.25) is 0 Å². The third kappa shape index (κ3) is 3.02. The number of nitrogens with zero attached hydrogens (tertiary/aromatic N) is 5. The van der Waals surface area contributed by atoms with E-state index in [-0.39, 0.29) is 9.79 Å². The molecule has 0 aliphatic carbocycles. The third-order valence-corrected chi connectivity index (χ3v) is 6.65. The molecule has 2 aromatic heterocycles. The molecule has 1 saturated heterocycles. The number of sulfone groups is 1. The van der Waals surface area contributed by atoms with E-state index in [1.807, 2.05) is 6.07 Å². The number of nitrogens with one attached hydrogen (secondary N) is 1. The monoisotopic (exact) mass is 386 g/mol. The van der Waals surface area contributed by atoms with Gasteiger partial charge in [0.15, 0.2) is 16.4 Å². The maximum absolute atomic E-state index is 13.3. The van der Waals surface area contributed by atoms with Crippen molar-refractivity contribution in [2.45, 2.75) is 9.79 Å². The van der Waals surface area contributed by atoms with Gasteiger partial charge in [0.25, 0.3) is 0 Å². The van der Waals surface area contributed by atoms with Crippen LogP contribution in [0, 0.1) is 0 Å². The van der Waals surface area contributed by atoms with Gasteiger partial charge >= 0.3 is 0 Å². The van der Waals surface area contributed by atoms with Crippen molar-refractivity contribution in [2.24, 2.45) is 0 Å². The Labute approximate surface area is 158 Å². The van der Waals surface area contributed by atoms with Gasteiger partial charge in [-0.05, 0) is 25.2 Å². The minimum Gasteiger partial charge on any atom is -0.370 e. The molecule has 142 valence electrons. The summed E-state index contributed by atoms with van der Waals surface area (Å²) < 4.78 is 28.2. The van der Waals surface area contributed by atoms with Gasteiger partial charge in [0, 0.05) is 39.4 Å². The van der Waals surface area contributed by atoms with Crippen LogP contribution in [-0.4, -0.2) is 68.2 Å². The second-order valence-corrected chi connectivity index (χ2v) is 8.46. The number of aromatic nitrogens is 3. The molecule has 1 fully saturated rings. The molecule has 0 bridgehead atoms. The maximum atomic E-state index is 13.3. The molecule has 0 saturated carbocycles. The zero-order valence-electron chi connectivity index (χ0n) is 15.3. The minimum absolute atomic E-state index is 0.104. The molecule has 1 N–H and O–H groups in total. The highest BCUT2D eigenvalue weighted by Crippen LogP contribution is 2.32. The summed E-state index contributed by atoms with van der Waals surface area (Å²) in [5.41, 5.74) is 0.333. The fraction of sp³-hybridized carbons (Fsp3) is 0.333. The number of anilines is 2. The molecule has 3 heterocycles. The van der Waals surface area contributed by atoms with E-state index in [9.17, 15) is 8.42 Å². The summed E-state index contributed by atoms with van der Waals surface area (Å²) in [6.45, 7) is 3.59. The molecule has 0 spiro atoms. The third-order valence-electron chi connectivity index (χ3n) is 4.84. The van der Waals surface area contributed by atoms with Crippen LogP contribution in [0.5, 0.6) is 0 Å². The largest absolute Gasteiger partial charge is 0.370 e.